The second-order valence-electron chi connectivity index (χ2n) is 8.02. The summed E-state index contributed by atoms with van der Waals surface area (Å²) >= 11 is 0. The van der Waals surface area contributed by atoms with Gasteiger partial charge in [-0.1, -0.05) is 24.3 Å². The average Bonchev–Trinajstić information content (AvgIpc) is 3.09. The Morgan fingerprint density at radius 1 is 1.06 bits per heavy atom. The minimum atomic E-state index is -0.360. The highest BCUT2D eigenvalue weighted by atomic mass is 16.5. The maximum Gasteiger partial charge on any atom is 0.312 e. The molecule has 160 valence electrons. The van der Waals surface area contributed by atoms with Gasteiger partial charge < -0.3 is 14.2 Å². The first-order valence-electron chi connectivity index (χ1n) is 10.5. The van der Waals surface area contributed by atoms with Crippen molar-refractivity contribution in [3.05, 3.63) is 88.9 Å². The quantitative estimate of drug-likeness (QED) is 0.334. The number of aromatic nitrogens is 1. The van der Waals surface area contributed by atoms with Crippen LogP contribution in [0.4, 0.5) is 0 Å². The number of ether oxygens (including phenoxy) is 3. The molecule has 32 heavy (non-hydrogen) atoms. The van der Waals surface area contributed by atoms with Crippen LogP contribution in [0, 0.1) is 0 Å². The minimum absolute atomic E-state index is 0.0282. The monoisotopic (exact) mass is 427 g/mol. The number of pyridine rings is 1. The number of ketones is 1. The number of carbonyl (C=O) groups is 2. The van der Waals surface area contributed by atoms with Crippen molar-refractivity contribution in [1.82, 2.24) is 4.98 Å². The summed E-state index contributed by atoms with van der Waals surface area (Å²) in [5, 5.41) is 0. The van der Waals surface area contributed by atoms with Crippen molar-refractivity contribution in [2.24, 2.45) is 0 Å². The molecule has 0 aliphatic carbocycles. The van der Waals surface area contributed by atoms with Gasteiger partial charge in [0, 0.05) is 29.4 Å². The maximum absolute atomic E-state index is 13.1. The molecule has 6 heteroatoms. The van der Waals surface area contributed by atoms with Crippen LogP contribution in [-0.2, 0) is 4.79 Å². The van der Waals surface area contributed by atoms with Gasteiger partial charge in [-0.25, -0.2) is 0 Å². The van der Waals surface area contributed by atoms with E-state index in [-0.39, 0.29) is 36.0 Å². The van der Waals surface area contributed by atoms with Crippen molar-refractivity contribution in [3.8, 4) is 17.2 Å². The van der Waals surface area contributed by atoms with Crippen LogP contribution in [0.25, 0.3) is 6.08 Å². The summed E-state index contributed by atoms with van der Waals surface area (Å²) in [7, 11) is 0. The fraction of sp³-hybridized carbons (Fsp3) is 0.192. The number of rotatable bonds is 4. The maximum atomic E-state index is 13.1. The van der Waals surface area contributed by atoms with Crippen LogP contribution >= 0.6 is 0 Å². The molecule has 0 fully saturated rings. The summed E-state index contributed by atoms with van der Waals surface area (Å²) in [6.07, 6.45) is 5.09. The van der Waals surface area contributed by atoms with Crippen molar-refractivity contribution in [2.75, 3.05) is 0 Å². The Balaban J connectivity index is 1.63. The Morgan fingerprint density at radius 2 is 1.91 bits per heavy atom. The van der Waals surface area contributed by atoms with E-state index in [1.165, 1.54) is 0 Å². The van der Waals surface area contributed by atoms with Crippen molar-refractivity contribution in [2.45, 2.75) is 32.3 Å². The van der Waals surface area contributed by atoms with Crippen LogP contribution in [0.1, 0.15) is 53.2 Å². The lowest BCUT2D eigenvalue weighted by Crippen LogP contribution is -2.22. The van der Waals surface area contributed by atoms with Gasteiger partial charge >= 0.3 is 5.97 Å². The van der Waals surface area contributed by atoms with Crippen LogP contribution in [0.5, 0.6) is 17.2 Å². The second kappa shape index (κ2) is 7.96. The molecule has 0 radical (unpaired) electrons. The van der Waals surface area contributed by atoms with Crippen LogP contribution in [-0.4, -0.2) is 22.8 Å². The van der Waals surface area contributed by atoms with Gasteiger partial charge in [-0.3, -0.25) is 14.6 Å². The number of Topliss-reactive ketones (excluding diaryl/α,β-unsaturated/α-hetero) is 1. The van der Waals surface area contributed by atoms with E-state index in [1.807, 2.05) is 44.2 Å². The minimum Gasteiger partial charge on any atom is -0.491 e. The summed E-state index contributed by atoms with van der Waals surface area (Å²) in [6, 6.07) is 14.6. The van der Waals surface area contributed by atoms with E-state index < -0.39 is 0 Å². The van der Waals surface area contributed by atoms with Crippen LogP contribution < -0.4 is 14.2 Å². The first kappa shape index (κ1) is 20.0. The molecule has 0 bridgehead atoms. The number of hydrogen-bond acceptors (Lipinski definition) is 6. The van der Waals surface area contributed by atoms with Gasteiger partial charge in [0.05, 0.1) is 18.1 Å². The molecule has 1 aromatic heterocycles. The number of benzene rings is 2. The third-order valence-corrected chi connectivity index (χ3v) is 5.42. The molecular formula is C26H21NO5. The van der Waals surface area contributed by atoms with Crippen molar-refractivity contribution in [3.63, 3.8) is 0 Å². The van der Waals surface area contributed by atoms with E-state index in [4.69, 9.17) is 14.2 Å². The average molecular weight is 427 g/mol. The fourth-order valence-electron chi connectivity index (χ4n) is 4.11. The Labute approximate surface area is 185 Å². The molecule has 2 aliphatic heterocycles. The number of carbonyl (C=O) groups excluding carboxylic acids is 2. The lowest BCUT2D eigenvalue weighted by Gasteiger charge is -2.28. The van der Waals surface area contributed by atoms with Crippen molar-refractivity contribution in [1.29, 1.82) is 0 Å². The van der Waals surface area contributed by atoms with Crippen LogP contribution in [0.2, 0.25) is 0 Å². The van der Waals surface area contributed by atoms with Crippen molar-refractivity contribution >= 4 is 17.8 Å². The van der Waals surface area contributed by atoms with Crippen LogP contribution in [0.15, 0.2) is 66.7 Å². The summed E-state index contributed by atoms with van der Waals surface area (Å²) in [6.45, 7) is 3.91. The van der Waals surface area contributed by atoms with Gasteiger partial charge in [-0.05, 0) is 49.8 Å². The summed E-state index contributed by atoms with van der Waals surface area (Å²) in [5.74, 6) is 0.831. The molecule has 6 nitrogen and oxygen atoms in total. The number of nitrogens with zero attached hydrogens (tertiary/aromatic N) is 1. The highest BCUT2D eigenvalue weighted by Gasteiger charge is 2.39. The molecule has 0 saturated heterocycles. The fourth-order valence-corrected chi connectivity index (χ4v) is 4.11. The molecular weight excluding hydrogens is 406 g/mol. The van der Waals surface area contributed by atoms with E-state index in [1.54, 1.807) is 36.7 Å². The van der Waals surface area contributed by atoms with Crippen molar-refractivity contribution < 1.29 is 23.8 Å². The van der Waals surface area contributed by atoms with Gasteiger partial charge in [0.25, 0.3) is 0 Å². The first-order chi connectivity index (χ1) is 15.5. The molecule has 2 aliphatic rings. The number of hydrogen-bond donors (Lipinski definition) is 0. The third-order valence-electron chi connectivity index (χ3n) is 5.42. The topological polar surface area (TPSA) is 74.7 Å². The zero-order valence-electron chi connectivity index (χ0n) is 17.7. The molecule has 0 saturated carbocycles. The SMILES string of the molecule is CC(C)Oc1ccccc1[C@H]1CC(=O)Oc2ccc3c(c21)O/C(=C\c1cccnc1)C3=O. The molecule has 3 heterocycles. The normalized spacial score (nSPS) is 18.2. The van der Waals surface area contributed by atoms with E-state index in [9.17, 15) is 9.59 Å². The van der Waals surface area contributed by atoms with E-state index >= 15 is 0 Å². The molecule has 3 aromatic rings. The van der Waals surface area contributed by atoms with Gasteiger partial charge in [-0.15, -0.1) is 0 Å². The third kappa shape index (κ3) is 3.54. The number of allylic oxidation sites excluding steroid dienone is 1. The summed E-state index contributed by atoms with van der Waals surface area (Å²) in [4.78, 5) is 29.6. The summed E-state index contributed by atoms with van der Waals surface area (Å²) < 4.78 is 17.6. The predicted octanol–water partition coefficient (Wildman–Crippen LogP) is 4.93. The highest BCUT2D eigenvalue weighted by molar-refractivity contribution is 6.15. The number of fused-ring (bicyclic) bond motifs is 3. The molecule has 1 atom stereocenters. The largest absolute Gasteiger partial charge is 0.491 e. The molecule has 2 aromatic carbocycles. The predicted molar refractivity (Wildman–Crippen MR) is 118 cm³/mol. The van der Waals surface area contributed by atoms with Gasteiger partial charge in [0.1, 0.15) is 17.2 Å². The van der Waals surface area contributed by atoms with E-state index in [0.29, 0.717) is 28.4 Å². The summed E-state index contributed by atoms with van der Waals surface area (Å²) in [5.41, 5.74) is 2.75. The Kier molecular flexibility index (Phi) is 4.98. The Bertz CT molecular complexity index is 1250. The lowest BCUT2D eigenvalue weighted by molar-refractivity contribution is -0.135. The molecule has 0 N–H and O–H groups in total. The Hall–Kier alpha value is -3.93. The van der Waals surface area contributed by atoms with Gasteiger partial charge in [-0.2, -0.15) is 0 Å². The van der Waals surface area contributed by atoms with Crippen LogP contribution in [0.3, 0.4) is 0 Å². The molecule has 0 spiro atoms. The first-order valence-corrected chi connectivity index (χ1v) is 10.5. The smallest absolute Gasteiger partial charge is 0.312 e. The van der Waals surface area contributed by atoms with E-state index in [0.717, 1.165) is 11.1 Å². The molecule has 5 rings (SSSR count). The molecule has 0 amide bonds. The zero-order chi connectivity index (χ0) is 22.2. The second-order valence-corrected chi connectivity index (χ2v) is 8.02. The lowest BCUT2D eigenvalue weighted by atomic mass is 9.84. The highest BCUT2D eigenvalue weighted by Crippen LogP contribution is 2.50. The standard InChI is InChI=1S/C26H21NO5/c1-15(2)30-20-8-4-3-7-17(20)19-13-23(28)31-21-10-9-18-25(29)22(32-26(18)24(19)21)12-16-6-5-11-27-14-16/h3-12,14-15,19H,13H2,1-2H3/b22-12-/t19-/m1/s1. The van der Waals surface area contributed by atoms with E-state index in [2.05, 4.69) is 4.98 Å². The number of esters is 1. The van der Waals surface area contributed by atoms with Gasteiger partial charge in [0.15, 0.2) is 5.76 Å². The van der Waals surface area contributed by atoms with Gasteiger partial charge in [0.2, 0.25) is 5.78 Å². The molecule has 0 unspecified atom stereocenters. The number of para-hydroxylation sites is 1. The zero-order valence-corrected chi connectivity index (χ0v) is 17.7. The Morgan fingerprint density at radius 3 is 2.69 bits per heavy atom.